The molecular weight excluding hydrogens is 296 g/mol. The second-order valence-electron chi connectivity index (χ2n) is 4.09. The molecule has 0 aliphatic rings. The molecule has 1 aromatic heterocycles. The van der Waals surface area contributed by atoms with Crippen molar-refractivity contribution in [1.82, 2.24) is 10.2 Å². The maximum Gasteiger partial charge on any atom is 0.416 e. The van der Waals surface area contributed by atoms with E-state index in [0.717, 1.165) is 0 Å². The fourth-order valence-electron chi connectivity index (χ4n) is 1.54. The Kier molecular flexibility index (Phi) is 3.92. The van der Waals surface area contributed by atoms with E-state index < -0.39 is 35.0 Å². The third-order valence-electron chi connectivity index (χ3n) is 2.54. The molecule has 0 radical (unpaired) electrons. The molecule has 0 amide bonds. The largest absolute Gasteiger partial charge is 0.481 e. The minimum Gasteiger partial charge on any atom is -0.481 e. The lowest BCUT2D eigenvalue weighted by Crippen LogP contribution is -2.05. The third-order valence-corrected chi connectivity index (χ3v) is 2.54. The molecule has 1 N–H and O–H groups in total. The number of benzene rings is 1. The highest BCUT2D eigenvalue weighted by Crippen LogP contribution is 2.33. The van der Waals surface area contributed by atoms with Crippen LogP contribution in [0.15, 0.2) is 22.6 Å². The first kappa shape index (κ1) is 14.9. The number of rotatable bonds is 4. The predicted octanol–water partition coefficient (Wildman–Crippen LogP) is 2.91. The van der Waals surface area contributed by atoms with Crippen LogP contribution in [0.4, 0.5) is 17.6 Å². The van der Waals surface area contributed by atoms with Crippen LogP contribution in [0.1, 0.15) is 17.9 Å². The molecule has 21 heavy (non-hydrogen) atoms. The zero-order valence-corrected chi connectivity index (χ0v) is 10.3. The smallest absolute Gasteiger partial charge is 0.416 e. The van der Waals surface area contributed by atoms with E-state index in [4.69, 9.17) is 9.52 Å². The SMILES string of the molecule is O=C(O)CCc1nnc(-c2cc(C(F)(F)F)ccc2F)o1. The molecule has 0 saturated carbocycles. The monoisotopic (exact) mass is 304 g/mol. The van der Waals surface area contributed by atoms with Crippen molar-refractivity contribution in [2.75, 3.05) is 0 Å². The van der Waals surface area contributed by atoms with Crippen molar-refractivity contribution in [3.8, 4) is 11.5 Å². The molecule has 5 nitrogen and oxygen atoms in total. The maximum atomic E-state index is 13.6. The van der Waals surface area contributed by atoms with Crippen LogP contribution in [0.3, 0.4) is 0 Å². The molecule has 0 aliphatic carbocycles. The normalized spacial score (nSPS) is 11.6. The maximum absolute atomic E-state index is 13.6. The van der Waals surface area contributed by atoms with Crippen molar-refractivity contribution in [3.05, 3.63) is 35.5 Å². The summed E-state index contributed by atoms with van der Waals surface area (Å²) < 4.78 is 56.3. The second kappa shape index (κ2) is 5.51. The number of carboxylic acid groups (broad SMARTS) is 1. The molecule has 0 unspecified atom stereocenters. The number of alkyl halides is 3. The van der Waals surface area contributed by atoms with Crippen LogP contribution < -0.4 is 0 Å². The van der Waals surface area contributed by atoms with Gasteiger partial charge in [-0.3, -0.25) is 4.79 Å². The zero-order valence-electron chi connectivity index (χ0n) is 10.3. The summed E-state index contributed by atoms with van der Waals surface area (Å²) in [5.74, 6) is -2.57. The van der Waals surface area contributed by atoms with Gasteiger partial charge in [-0.1, -0.05) is 0 Å². The van der Waals surface area contributed by atoms with Gasteiger partial charge >= 0.3 is 12.1 Å². The van der Waals surface area contributed by atoms with Crippen molar-refractivity contribution in [1.29, 1.82) is 0 Å². The molecule has 0 atom stereocenters. The number of aromatic nitrogens is 2. The van der Waals surface area contributed by atoms with Gasteiger partial charge in [0.2, 0.25) is 5.89 Å². The van der Waals surface area contributed by atoms with Crippen LogP contribution >= 0.6 is 0 Å². The lowest BCUT2D eigenvalue weighted by molar-refractivity contribution is -0.138. The van der Waals surface area contributed by atoms with Crippen LogP contribution in [0.2, 0.25) is 0 Å². The van der Waals surface area contributed by atoms with Crippen molar-refractivity contribution in [2.45, 2.75) is 19.0 Å². The molecular formula is C12H8F4N2O3. The van der Waals surface area contributed by atoms with Crippen molar-refractivity contribution >= 4 is 5.97 Å². The Morgan fingerprint density at radius 2 is 2.00 bits per heavy atom. The Morgan fingerprint density at radius 3 is 2.62 bits per heavy atom. The fourth-order valence-corrected chi connectivity index (χ4v) is 1.54. The summed E-state index contributed by atoms with van der Waals surface area (Å²) in [6.45, 7) is 0. The standard InChI is InChI=1S/C12H8F4N2O3/c13-8-2-1-6(12(14,15)16)5-7(8)11-18-17-9(21-11)3-4-10(19)20/h1-2,5H,3-4H2,(H,19,20). The van der Waals surface area contributed by atoms with E-state index in [9.17, 15) is 22.4 Å². The summed E-state index contributed by atoms with van der Waals surface area (Å²) in [5, 5.41) is 15.4. The number of halogens is 4. The number of aryl methyl sites for hydroxylation is 1. The number of aliphatic carboxylic acids is 1. The van der Waals surface area contributed by atoms with E-state index in [2.05, 4.69) is 10.2 Å². The highest BCUT2D eigenvalue weighted by molar-refractivity contribution is 5.66. The molecule has 0 saturated heterocycles. The van der Waals surface area contributed by atoms with Gasteiger partial charge in [0.15, 0.2) is 0 Å². The van der Waals surface area contributed by atoms with E-state index >= 15 is 0 Å². The molecule has 2 aromatic rings. The Bertz CT molecular complexity index is 667. The molecule has 1 heterocycles. The summed E-state index contributed by atoms with van der Waals surface area (Å²) in [4.78, 5) is 10.4. The third kappa shape index (κ3) is 3.56. The minimum absolute atomic E-state index is 0.0933. The van der Waals surface area contributed by atoms with Gasteiger partial charge < -0.3 is 9.52 Å². The van der Waals surface area contributed by atoms with E-state index in [1.807, 2.05) is 0 Å². The lowest BCUT2D eigenvalue weighted by Gasteiger charge is -2.07. The minimum atomic E-state index is -4.63. The Morgan fingerprint density at radius 1 is 1.29 bits per heavy atom. The van der Waals surface area contributed by atoms with Gasteiger partial charge in [-0.15, -0.1) is 10.2 Å². The number of carboxylic acids is 1. The number of hydrogen-bond donors (Lipinski definition) is 1. The number of hydrogen-bond acceptors (Lipinski definition) is 4. The molecule has 1 aromatic carbocycles. The van der Waals surface area contributed by atoms with Gasteiger partial charge in [-0.05, 0) is 18.2 Å². The van der Waals surface area contributed by atoms with Gasteiger partial charge in [0, 0.05) is 6.42 Å². The highest BCUT2D eigenvalue weighted by atomic mass is 19.4. The van der Waals surface area contributed by atoms with Crippen LogP contribution in [0.5, 0.6) is 0 Å². The van der Waals surface area contributed by atoms with Gasteiger partial charge in [-0.25, -0.2) is 4.39 Å². The summed E-state index contributed by atoms with van der Waals surface area (Å²) in [5.41, 5.74) is -1.54. The van der Waals surface area contributed by atoms with Gasteiger partial charge in [0.05, 0.1) is 17.5 Å². The quantitative estimate of drug-likeness (QED) is 0.879. The van der Waals surface area contributed by atoms with Crippen molar-refractivity contribution in [2.24, 2.45) is 0 Å². The predicted molar refractivity (Wildman–Crippen MR) is 60.7 cm³/mol. The van der Waals surface area contributed by atoms with Crippen LogP contribution in [-0.2, 0) is 17.4 Å². The molecule has 9 heteroatoms. The Hall–Kier alpha value is -2.45. The van der Waals surface area contributed by atoms with Crippen LogP contribution in [0, 0.1) is 5.82 Å². The first-order chi connectivity index (χ1) is 9.77. The summed E-state index contributed by atoms with van der Waals surface area (Å²) >= 11 is 0. The van der Waals surface area contributed by atoms with Crippen molar-refractivity contribution < 1.29 is 31.9 Å². The lowest BCUT2D eigenvalue weighted by atomic mass is 10.1. The molecule has 0 aliphatic heterocycles. The summed E-state index contributed by atoms with van der Waals surface area (Å²) in [7, 11) is 0. The average molecular weight is 304 g/mol. The van der Waals surface area contributed by atoms with Gasteiger partial charge in [0.25, 0.3) is 5.89 Å². The number of nitrogens with zero attached hydrogens (tertiary/aromatic N) is 2. The second-order valence-corrected chi connectivity index (χ2v) is 4.09. The van der Waals surface area contributed by atoms with Gasteiger partial charge in [0.1, 0.15) is 5.82 Å². The Labute approximate surface area is 115 Å². The van der Waals surface area contributed by atoms with Crippen LogP contribution in [-0.4, -0.2) is 21.3 Å². The zero-order chi connectivity index (χ0) is 15.6. The molecule has 0 bridgehead atoms. The average Bonchev–Trinajstić information content (AvgIpc) is 2.84. The number of carbonyl (C=O) groups is 1. The molecule has 112 valence electrons. The fraction of sp³-hybridized carbons (Fsp3) is 0.250. The summed E-state index contributed by atoms with van der Waals surface area (Å²) in [6.07, 6.45) is -5.01. The molecule has 0 fully saturated rings. The van der Waals surface area contributed by atoms with Crippen LogP contribution in [0.25, 0.3) is 11.5 Å². The topological polar surface area (TPSA) is 76.2 Å². The van der Waals surface area contributed by atoms with E-state index in [1.54, 1.807) is 0 Å². The molecule has 2 rings (SSSR count). The van der Waals surface area contributed by atoms with E-state index in [1.165, 1.54) is 0 Å². The molecule has 0 spiro atoms. The first-order valence-electron chi connectivity index (χ1n) is 5.68. The van der Waals surface area contributed by atoms with Crippen molar-refractivity contribution in [3.63, 3.8) is 0 Å². The first-order valence-corrected chi connectivity index (χ1v) is 5.68. The Balaban J connectivity index is 2.31. The van der Waals surface area contributed by atoms with E-state index in [0.29, 0.717) is 18.2 Å². The van der Waals surface area contributed by atoms with Gasteiger partial charge in [-0.2, -0.15) is 13.2 Å². The highest BCUT2D eigenvalue weighted by Gasteiger charge is 2.31. The summed E-state index contributed by atoms with van der Waals surface area (Å²) in [6, 6.07) is 1.81. The van der Waals surface area contributed by atoms with E-state index in [-0.39, 0.29) is 18.7 Å².